The monoisotopic (exact) mass is 344 g/mol. The Morgan fingerprint density at radius 2 is 2.17 bits per heavy atom. The van der Waals surface area contributed by atoms with E-state index >= 15 is 0 Å². The highest BCUT2D eigenvalue weighted by atomic mass is 32.1. The summed E-state index contributed by atoms with van der Waals surface area (Å²) in [6, 6.07) is 8.63. The van der Waals surface area contributed by atoms with E-state index in [1.165, 1.54) is 22.5 Å². The first-order valence-corrected chi connectivity index (χ1v) is 9.52. The molecule has 0 unspecified atom stereocenters. The minimum absolute atomic E-state index is 0.0218. The van der Waals surface area contributed by atoms with Crippen molar-refractivity contribution in [3.05, 3.63) is 56.1 Å². The van der Waals surface area contributed by atoms with Gasteiger partial charge in [-0.3, -0.25) is 9.59 Å². The second-order valence-electron chi connectivity index (χ2n) is 6.39. The van der Waals surface area contributed by atoms with E-state index in [2.05, 4.69) is 31.2 Å². The second kappa shape index (κ2) is 7.34. The Balaban J connectivity index is 1.74. The van der Waals surface area contributed by atoms with E-state index in [0.717, 1.165) is 31.5 Å². The van der Waals surface area contributed by atoms with Crippen LogP contribution in [0.5, 0.6) is 0 Å². The lowest BCUT2D eigenvalue weighted by molar-refractivity contribution is -0.134. The Kier molecular flexibility index (Phi) is 5.19. The number of carbonyl (C=O) groups excluding carboxylic acids is 1. The molecule has 0 saturated carbocycles. The largest absolute Gasteiger partial charge is 0.336 e. The fourth-order valence-corrected chi connectivity index (χ4v) is 4.34. The lowest BCUT2D eigenvalue weighted by Gasteiger charge is -2.30. The second-order valence-corrected chi connectivity index (χ2v) is 7.21. The first-order chi connectivity index (χ1) is 11.6. The summed E-state index contributed by atoms with van der Waals surface area (Å²) in [6.07, 6.45) is 3.37. The number of rotatable bonds is 6. The molecule has 1 aromatic carbocycles. The van der Waals surface area contributed by atoms with Crippen molar-refractivity contribution in [2.45, 2.75) is 52.1 Å². The van der Waals surface area contributed by atoms with Crippen LogP contribution in [0, 0.1) is 6.92 Å². The normalized spacial score (nSPS) is 16.2. The zero-order valence-corrected chi connectivity index (χ0v) is 15.1. The van der Waals surface area contributed by atoms with Crippen LogP contribution >= 0.6 is 11.3 Å². The molecular weight excluding hydrogens is 320 g/mol. The van der Waals surface area contributed by atoms with Crippen LogP contribution < -0.4 is 4.87 Å². The molecule has 0 N–H and O–H groups in total. The Bertz CT molecular complexity index is 778. The predicted molar refractivity (Wildman–Crippen MR) is 97.4 cm³/mol. The molecule has 1 aliphatic rings. The molecule has 0 spiro atoms. The molecule has 0 aliphatic heterocycles. The van der Waals surface area contributed by atoms with Gasteiger partial charge in [0.05, 0.1) is 6.04 Å². The van der Waals surface area contributed by atoms with Crippen molar-refractivity contribution >= 4 is 17.2 Å². The maximum Gasteiger partial charge on any atom is 0.307 e. The van der Waals surface area contributed by atoms with Crippen LogP contribution in [0.25, 0.3) is 0 Å². The summed E-state index contributed by atoms with van der Waals surface area (Å²) >= 11 is 1.20. The molecule has 1 aromatic heterocycles. The maximum absolute atomic E-state index is 12.9. The number of fused-ring (bicyclic) bond motifs is 1. The van der Waals surface area contributed by atoms with Gasteiger partial charge in [0.1, 0.15) is 0 Å². The van der Waals surface area contributed by atoms with E-state index < -0.39 is 0 Å². The van der Waals surface area contributed by atoms with E-state index in [1.807, 2.05) is 17.2 Å². The smallest absolute Gasteiger partial charge is 0.307 e. The van der Waals surface area contributed by atoms with Gasteiger partial charge in [0.25, 0.3) is 0 Å². The Labute approximate surface area is 146 Å². The molecule has 0 fully saturated rings. The summed E-state index contributed by atoms with van der Waals surface area (Å²) in [7, 11) is 0. The van der Waals surface area contributed by atoms with Gasteiger partial charge in [-0.2, -0.15) is 0 Å². The van der Waals surface area contributed by atoms with Crippen LogP contribution in [0.2, 0.25) is 0 Å². The quantitative estimate of drug-likeness (QED) is 0.804. The van der Waals surface area contributed by atoms with E-state index in [1.54, 1.807) is 4.57 Å². The SMILES string of the molecule is CCCN(C(=O)CCn1c(C)csc1=O)[C@H]1CCc2ccccc21. The summed E-state index contributed by atoms with van der Waals surface area (Å²) in [5, 5.41) is 1.85. The molecule has 0 saturated heterocycles. The molecule has 128 valence electrons. The van der Waals surface area contributed by atoms with Gasteiger partial charge in [0.15, 0.2) is 0 Å². The number of nitrogens with zero attached hydrogens (tertiary/aromatic N) is 2. The third-order valence-electron chi connectivity index (χ3n) is 4.79. The Hall–Kier alpha value is -1.88. The minimum atomic E-state index is 0.0218. The highest BCUT2D eigenvalue weighted by molar-refractivity contribution is 7.07. The lowest BCUT2D eigenvalue weighted by Crippen LogP contribution is -2.35. The van der Waals surface area contributed by atoms with E-state index in [-0.39, 0.29) is 16.8 Å². The molecule has 2 aromatic rings. The van der Waals surface area contributed by atoms with Gasteiger partial charge in [0.2, 0.25) is 5.91 Å². The molecular formula is C19H24N2O2S. The fraction of sp³-hybridized carbons (Fsp3) is 0.474. The van der Waals surface area contributed by atoms with Crippen molar-refractivity contribution < 1.29 is 4.79 Å². The van der Waals surface area contributed by atoms with Gasteiger partial charge in [-0.15, -0.1) is 0 Å². The fourth-order valence-electron chi connectivity index (χ4n) is 3.58. The molecule has 1 aliphatic carbocycles. The van der Waals surface area contributed by atoms with Gasteiger partial charge in [-0.05, 0) is 37.3 Å². The van der Waals surface area contributed by atoms with E-state index in [4.69, 9.17) is 0 Å². The molecule has 0 bridgehead atoms. The topological polar surface area (TPSA) is 42.3 Å². The highest BCUT2D eigenvalue weighted by Gasteiger charge is 2.30. The first kappa shape index (κ1) is 17.0. The lowest BCUT2D eigenvalue weighted by atomic mass is 10.1. The summed E-state index contributed by atoms with van der Waals surface area (Å²) in [5.74, 6) is 0.149. The number of thiazole rings is 1. The molecule has 1 heterocycles. The summed E-state index contributed by atoms with van der Waals surface area (Å²) in [5.41, 5.74) is 3.59. The number of aryl methyl sites for hydroxylation is 2. The van der Waals surface area contributed by atoms with Gasteiger partial charge in [0, 0.05) is 30.6 Å². The van der Waals surface area contributed by atoms with Gasteiger partial charge in [-0.1, -0.05) is 42.5 Å². The maximum atomic E-state index is 12.9. The molecule has 5 heteroatoms. The molecule has 1 amide bonds. The Morgan fingerprint density at radius 1 is 1.38 bits per heavy atom. The van der Waals surface area contributed by atoms with Crippen molar-refractivity contribution in [1.29, 1.82) is 0 Å². The van der Waals surface area contributed by atoms with Crippen molar-refractivity contribution in [3.63, 3.8) is 0 Å². The van der Waals surface area contributed by atoms with Crippen molar-refractivity contribution in [2.75, 3.05) is 6.54 Å². The molecule has 3 rings (SSSR count). The van der Waals surface area contributed by atoms with Crippen LogP contribution in [0.1, 0.15) is 49.0 Å². The predicted octanol–water partition coefficient (Wildman–Crippen LogP) is 3.53. The molecule has 24 heavy (non-hydrogen) atoms. The summed E-state index contributed by atoms with van der Waals surface area (Å²) in [4.78, 5) is 26.7. The number of benzene rings is 1. The van der Waals surface area contributed by atoms with Crippen LogP contribution in [0.3, 0.4) is 0 Å². The van der Waals surface area contributed by atoms with Crippen molar-refractivity contribution in [1.82, 2.24) is 9.47 Å². The third-order valence-corrected chi connectivity index (χ3v) is 5.67. The van der Waals surface area contributed by atoms with Crippen molar-refractivity contribution in [2.24, 2.45) is 0 Å². The third kappa shape index (κ3) is 3.31. The molecule has 0 radical (unpaired) electrons. The van der Waals surface area contributed by atoms with Crippen LogP contribution in [-0.4, -0.2) is 21.9 Å². The van der Waals surface area contributed by atoms with Gasteiger partial charge in [-0.25, -0.2) is 0 Å². The number of hydrogen-bond acceptors (Lipinski definition) is 3. The number of aromatic nitrogens is 1. The van der Waals surface area contributed by atoms with Crippen LogP contribution in [0.15, 0.2) is 34.4 Å². The molecule has 1 atom stereocenters. The van der Waals surface area contributed by atoms with E-state index in [9.17, 15) is 9.59 Å². The number of amides is 1. The zero-order chi connectivity index (χ0) is 17.1. The highest BCUT2D eigenvalue weighted by Crippen LogP contribution is 2.36. The average molecular weight is 344 g/mol. The summed E-state index contributed by atoms with van der Waals surface area (Å²) in [6.45, 7) is 5.27. The molecule has 4 nitrogen and oxygen atoms in total. The standard InChI is InChI=1S/C19H24N2O2S/c1-3-11-21(17-9-8-15-6-4-5-7-16(15)17)18(22)10-12-20-14(2)13-24-19(20)23/h4-7,13,17H,3,8-12H2,1-2H3/t17-/m0/s1. The van der Waals surface area contributed by atoms with Crippen LogP contribution in [-0.2, 0) is 17.8 Å². The summed E-state index contributed by atoms with van der Waals surface area (Å²) < 4.78 is 1.70. The number of hydrogen-bond donors (Lipinski definition) is 0. The van der Waals surface area contributed by atoms with Crippen molar-refractivity contribution in [3.8, 4) is 0 Å². The van der Waals surface area contributed by atoms with Crippen LogP contribution in [0.4, 0.5) is 0 Å². The zero-order valence-electron chi connectivity index (χ0n) is 14.3. The van der Waals surface area contributed by atoms with Gasteiger partial charge >= 0.3 is 4.87 Å². The average Bonchev–Trinajstić information content (AvgIpc) is 3.14. The van der Waals surface area contributed by atoms with E-state index in [0.29, 0.717) is 13.0 Å². The van der Waals surface area contributed by atoms with Gasteiger partial charge < -0.3 is 9.47 Å². The Morgan fingerprint density at radius 3 is 2.88 bits per heavy atom. The minimum Gasteiger partial charge on any atom is -0.336 e. The number of carbonyl (C=O) groups is 1. The first-order valence-electron chi connectivity index (χ1n) is 8.64.